The normalized spacial score (nSPS) is 10.0. The van der Waals surface area contributed by atoms with Crippen molar-refractivity contribution in [2.75, 3.05) is 0 Å². The predicted octanol–water partition coefficient (Wildman–Crippen LogP) is 1.74. The van der Waals surface area contributed by atoms with E-state index in [1.165, 1.54) is 6.20 Å². The van der Waals surface area contributed by atoms with Gasteiger partial charge in [-0.1, -0.05) is 5.92 Å². The Kier molecular flexibility index (Phi) is 2.74. The quantitative estimate of drug-likeness (QED) is 0.661. The zero-order valence-corrected chi connectivity index (χ0v) is 8.11. The lowest BCUT2D eigenvalue weighted by Crippen LogP contribution is -2.25. The molecule has 0 unspecified atom stereocenters. The van der Waals surface area contributed by atoms with Crippen LogP contribution >= 0.6 is 0 Å². The largest absolute Gasteiger partial charge is 0.474 e. The predicted molar refractivity (Wildman–Crippen MR) is 52.5 cm³/mol. The van der Waals surface area contributed by atoms with Gasteiger partial charge >= 0.3 is 0 Å². The van der Waals surface area contributed by atoms with Crippen LogP contribution in [0.2, 0.25) is 0 Å². The summed E-state index contributed by atoms with van der Waals surface area (Å²) in [5, 5.41) is 8.52. The van der Waals surface area contributed by atoms with Gasteiger partial charge in [0.1, 0.15) is 17.5 Å². The SMILES string of the molecule is C#CC(C)(C)Oc1ccc(C#N)nc1. The molecule has 0 N–H and O–H groups in total. The Morgan fingerprint density at radius 2 is 2.21 bits per heavy atom. The maximum atomic E-state index is 8.52. The maximum Gasteiger partial charge on any atom is 0.163 e. The van der Waals surface area contributed by atoms with E-state index in [0.717, 1.165) is 0 Å². The highest BCUT2D eigenvalue weighted by molar-refractivity contribution is 5.27. The minimum atomic E-state index is -0.657. The molecule has 0 aliphatic carbocycles. The summed E-state index contributed by atoms with van der Waals surface area (Å²) in [5.74, 6) is 3.07. The summed E-state index contributed by atoms with van der Waals surface area (Å²) in [5.41, 5.74) is -0.300. The van der Waals surface area contributed by atoms with Crippen molar-refractivity contribution in [1.82, 2.24) is 4.98 Å². The van der Waals surface area contributed by atoms with Crippen LogP contribution in [-0.2, 0) is 0 Å². The van der Waals surface area contributed by atoms with Gasteiger partial charge in [0, 0.05) is 0 Å². The van der Waals surface area contributed by atoms with E-state index in [4.69, 9.17) is 16.4 Å². The molecule has 14 heavy (non-hydrogen) atoms. The van der Waals surface area contributed by atoms with E-state index in [9.17, 15) is 0 Å². The van der Waals surface area contributed by atoms with Crippen LogP contribution in [0, 0.1) is 23.7 Å². The van der Waals surface area contributed by atoms with Gasteiger partial charge in [0.15, 0.2) is 5.60 Å². The molecule has 3 heteroatoms. The van der Waals surface area contributed by atoms with Crippen LogP contribution in [0.15, 0.2) is 18.3 Å². The van der Waals surface area contributed by atoms with E-state index in [2.05, 4.69) is 10.9 Å². The van der Waals surface area contributed by atoms with E-state index >= 15 is 0 Å². The lowest BCUT2D eigenvalue weighted by Gasteiger charge is -2.19. The maximum absolute atomic E-state index is 8.52. The number of hydrogen-bond donors (Lipinski definition) is 0. The van der Waals surface area contributed by atoms with Crippen LogP contribution in [0.3, 0.4) is 0 Å². The number of aromatic nitrogens is 1. The molecule has 70 valence electrons. The Bertz CT molecular complexity index is 393. The number of rotatable bonds is 2. The molecular formula is C11H10N2O. The first-order chi connectivity index (χ1) is 6.57. The highest BCUT2D eigenvalue weighted by Crippen LogP contribution is 2.16. The molecule has 1 rings (SSSR count). The van der Waals surface area contributed by atoms with E-state index in [1.54, 1.807) is 26.0 Å². The summed E-state index contributed by atoms with van der Waals surface area (Å²) in [6.45, 7) is 3.57. The van der Waals surface area contributed by atoms with Crippen molar-refractivity contribution < 1.29 is 4.74 Å². The van der Waals surface area contributed by atoms with Crippen LogP contribution in [0.5, 0.6) is 5.75 Å². The highest BCUT2D eigenvalue weighted by atomic mass is 16.5. The van der Waals surface area contributed by atoms with Gasteiger partial charge in [0.05, 0.1) is 6.20 Å². The molecular weight excluding hydrogens is 176 g/mol. The third-order valence-electron chi connectivity index (χ3n) is 1.57. The van der Waals surface area contributed by atoms with Gasteiger partial charge in [0.2, 0.25) is 0 Å². The Morgan fingerprint density at radius 1 is 1.50 bits per heavy atom. The molecule has 0 bridgehead atoms. The fourth-order valence-electron chi connectivity index (χ4n) is 0.831. The molecule has 0 aliphatic heterocycles. The second-order valence-corrected chi connectivity index (χ2v) is 3.25. The van der Waals surface area contributed by atoms with E-state index in [0.29, 0.717) is 11.4 Å². The topological polar surface area (TPSA) is 45.9 Å². The Hall–Kier alpha value is -2.00. The molecule has 0 spiro atoms. The first-order valence-electron chi connectivity index (χ1n) is 4.10. The fourth-order valence-corrected chi connectivity index (χ4v) is 0.831. The fraction of sp³-hybridized carbons (Fsp3) is 0.273. The summed E-state index contributed by atoms with van der Waals surface area (Å²) in [4.78, 5) is 3.86. The summed E-state index contributed by atoms with van der Waals surface area (Å²) in [6.07, 6.45) is 6.75. The second-order valence-electron chi connectivity index (χ2n) is 3.25. The molecule has 0 saturated heterocycles. The smallest absolute Gasteiger partial charge is 0.163 e. The summed E-state index contributed by atoms with van der Waals surface area (Å²) in [7, 11) is 0. The molecule has 1 heterocycles. The number of pyridine rings is 1. The molecule has 3 nitrogen and oxygen atoms in total. The molecule has 0 saturated carbocycles. The number of nitriles is 1. The van der Waals surface area contributed by atoms with Crippen molar-refractivity contribution >= 4 is 0 Å². The molecule has 0 atom stereocenters. The van der Waals surface area contributed by atoms with Gasteiger partial charge in [-0.05, 0) is 26.0 Å². The zero-order chi connectivity index (χ0) is 10.6. The molecule has 1 aromatic rings. The van der Waals surface area contributed by atoms with Gasteiger partial charge < -0.3 is 4.74 Å². The van der Waals surface area contributed by atoms with Gasteiger partial charge in [-0.3, -0.25) is 0 Å². The minimum Gasteiger partial charge on any atom is -0.474 e. The molecule has 0 amide bonds. The van der Waals surface area contributed by atoms with Gasteiger partial charge in [-0.2, -0.15) is 5.26 Å². The summed E-state index contributed by atoms with van der Waals surface area (Å²) < 4.78 is 5.44. The summed E-state index contributed by atoms with van der Waals surface area (Å²) >= 11 is 0. The van der Waals surface area contributed by atoms with Crippen molar-refractivity contribution in [2.24, 2.45) is 0 Å². The third-order valence-corrected chi connectivity index (χ3v) is 1.57. The lowest BCUT2D eigenvalue weighted by atomic mass is 10.1. The lowest BCUT2D eigenvalue weighted by molar-refractivity contribution is 0.172. The first-order valence-corrected chi connectivity index (χ1v) is 4.10. The molecule has 0 fully saturated rings. The molecule has 0 aliphatic rings. The molecule has 1 aromatic heterocycles. The van der Waals surface area contributed by atoms with Crippen molar-refractivity contribution in [3.63, 3.8) is 0 Å². The van der Waals surface area contributed by atoms with E-state index in [-0.39, 0.29) is 0 Å². The van der Waals surface area contributed by atoms with Gasteiger partial charge in [-0.25, -0.2) is 4.98 Å². The number of nitrogens with zero attached hydrogens (tertiary/aromatic N) is 2. The van der Waals surface area contributed by atoms with Gasteiger partial charge in [0.25, 0.3) is 0 Å². The number of hydrogen-bond acceptors (Lipinski definition) is 3. The van der Waals surface area contributed by atoms with Crippen LogP contribution in [0.25, 0.3) is 0 Å². The average Bonchev–Trinajstić information content (AvgIpc) is 2.19. The number of terminal acetylenes is 1. The van der Waals surface area contributed by atoms with Crippen LogP contribution < -0.4 is 4.74 Å². The standard InChI is InChI=1S/C11H10N2O/c1-4-11(2,3)14-10-6-5-9(7-12)13-8-10/h1,5-6,8H,2-3H3. The van der Waals surface area contributed by atoms with Crippen LogP contribution in [-0.4, -0.2) is 10.6 Å². The molecule has 0 radical (unpaired) electrons. The number of ether oxygens (including phenoxy) is 1. The van der Waals surface area contributed by atoms with Crippen LogP contribution in [0.1, 0.15) is 19.5 Å². The Morgan fingerprint density at radius 3 is 2.64 bits per heavy atom. The highest BCUT2D eigenvalue weighted by Gasteiger charge is 2.15. The second kappa shape index (κ2) is 3.81. The summed E-state index contributed by atoms with van der Waals surface area (Å²) in [6, 6.07) is 5.18. The third kappa shape index (κ3) is 2.50. The van der Waals surface area contributed by atoms with Crippen molar-refractivity contribution in [3.05, 3.63) is 24.0 Å². The Labute approximate surface area is 83.3 Å². The minimum absolute atomic E-state index is 0.357. The first kappa shape index (κ1) is 10.1. The van der Waals surface area contributed by atoms with Crippen LogP contribution in [0.4, 0.5) is 0 Å². The van der Waals surface area contributed by atoms with Gasteiger partial charge in [-0.15, -0.1) is 6.42 Å². The molecule has 0 aromatic carbocycles. The van der Waals surface area contributed by atoms with Crippen molar-refractivity contribution in [2.45, 2.75) is 19.4 Å². The van der Waals surface area contributed by atoms with E-state index < -0.39 is 5.60 Å². The zero-order valence-electron chi connectivity index (χ0n) is 8.11. The van der Waals surface area contributed by atoms with Crippen molar-refractivity contribution in [3.8, 4) is 24.2 Å². The Balaban J connectivity index is 2.81. The van der Waals surface area contributed by atoms with E-state index in [1.807, 2.05) is 6.07 Å². The van der Waals surface area contributed by atoms with Crippen molar-refractivity contribution in [1.29, 1.82) is 5.26 Å². The average molecular weight is 186 g/mol. The monoisotopic (exact) mass is 186 g/mol.